The first-order valence-corrected chi connectivity index (χ1v) is 15.3. The van der Waals surface area contributed by atoms with Crippen molar-refractivity contribution in [3.63, 3.8) is 0 Å². The Morgan fingerprint density at radius 3 is 2.31 bits per heavy atom. The van der Waals surface area contributed by atoms with Crippen LogP contribution in [0.3, 0.4) is 0 Å². The van der Waals surface area contributed by atoms with Crippen LogP contribution in [-0.2, 0) is 4.74 Å². The van der Waals surface area contributed by atoms with Gasteiger partial charge in [0.05, 0.1) is 5.70 Å². The Labute approximate surface area is 226 Å². The minimum atomic E-state index is 0.202. The van der Waals surface area contributed by atoms with Gasteiger partial charge in [0.15, 0.2) is 0 Å². The number of hydrogen-bond acceptors (Lipinski definition) is 5. The second kappa shape index (κ2) is 15.1. The average molecular weight is 514 g/mol. The molecule has 3 fully saturated rings. The number of hydrogen-bond donors (Lipinski definition) is 0. The molecule has 0 radical (unpaired) electrons. The average Bonchev–Trinajstić information content (AvgIpc) is 2.88. The number of aliphatic imine (C=N–C) groups is 1. The molecule has 36 heavy (non-hydrogen) atoms. The summed E-state index contributed by atoms with van der Waals surface area (Å²) in [5.74, 6) is 2.11. The van der Waals surface area contributed by atoms with Crippen molar-refractivity contribution in [3.8, 4) is 0 Å². The molecule has 5 heteroatoms. The number of rotatable bonds is 11. The van der Waals surface area contributed by atoms with Crippen LogP contribution >= 0.6 is 11.9 Å². The number of allylic oxidation sites excluding steroid dienone is 3. The van der Waals surface area contributed by atoms with Gasteiger partial charge in [0.1, 0.15) is 6.10 Å². The number of ether oxygens (including phenoxy) is 1. The Hall–Kier alpha value is -1.42. The number of piperidine rings is 2. The van der Waals surface area contributed by atoms with Crippen LogP contribution in [0.15, 0.2) is 46.6 Å². The predicted molar refractivity (Wildman–Crippen MR) is 157 cm³/mol. The maximum Gasteiger partial charge on any atom is 0.216 e. The van der Waals surface area contributed by atoms with Gasteiger partial charge in [-0.3, -0.25) is 4.31 Å². The van der Waals surface area contributed by atoms with Crippen molar-refractivity contribution in [3.05, 3.63) is 41.6 Å². The van der Waals surface area contributed by atoms with E-state index in [1.165, 1.54) is 69.3 Å². The van der Waals surface area contributed by atoms with Gasteiger partial charge in [0.2, 0.25) is 5.88 Å². The van der Waals surface area contributed by atoms with Gasteiger partial charge in [0.25, 0.3) is 0 Å². The highest BCUT2D eigenvalue weighted by Crippen LogP contribution is 2.35. The van der Waals surface area contributed by atoms with Gasteiger partial charge in [-0.1, -0.05) is 58.2 Å². The smallest absolute Gasteiger partial charge is 0.216 e. The Morgan fingerprint density at radius 1 is 1.06 bits per heavy atom. The van der Waals surface area contributed by atoms with Crippen molar-refractivity contribution in [2.24, 2.45) is 16.8 Å². The van der Waals surface area contributed by atoms with E-state index in [1.807, 2.05) is 13.1 Å². The first kappa shape index (κ1) is 29.1. The highest BCUT2D eigenvalue weighted by molar-refractivity contribution is 7.97. The van der Waals surface area contributed by atoms with Gasteiger partial charge in [-0.25, -0.2) is 4.99 Å². The zero-order chi connectivity index (χ0) is 25.9. The van der Waals surface area contributed by atoms with Gasteiger partial charge in [-0.05, 0) is 69.8 Å². The van der Waals surface area contributed by atoms with Gasteiger partial charge < -0.3 is 9.64 Å². The largest absolute Gasteiger partial charge is 0.474 e. The number of nitrogens with zero attached hydrogens (tertiary/aromatic N) is 3. The third-order valence-corrected chi connectivity index (χ3v) is 9.40. The Balaban J connectivity index is 1.47. The van der Waals surface area contributed by atoms with E-state index in [0.717, 1.165) is 61.4 Å². The molecule has 2 aliphatic heterocycles. The molecule has 0 unspecified atom stereocenters. The highest BCUT2D eigenvalue weighted by atomic mass is 32.2. The third kappa shape index (κ3) is 9.15. The van der Waals surface area contributed by atoms with Crippen LogP contribution in [-0.4, -0.2) is 53.0 Å². The molecule has 2 saturated heterocycles. The van der Waals surface area contributed by atoms with Crippen LogP contribution in [0.5, 0.6) is 0 Å². The standard InChI is InChI=1S/C31H51N3OS/c1-7-28(22-24(3)4)33-18-16-29(17-19-33)35-31(32-8-2)26(6)25(5)23-27-14-20-34(21-15-27)36-30-12-10-9-11-13-30/h8,24,27,29-30H,1,5,9-23H2,2-4,6H3/b31-26+,32-8?. The number of likely N-dealkylation sites (tertiary alicyclic amines) is 1. The Kier molecular flexibility index (Phi) is 12.2. The quantitative estimate of drug-likeness (QED) is 0.0916. The molecule has 0 bridgehead atoms. The summed E-state index contributed by atoms with van der Waals surface area (Å²) >= 11 is 2.16. The summed E-state index contributed by atoms with van der Waals surface area (Å²) in [5, 5.41) is 0.864. The SMILES string of the molecule is C=C=C(CC(C)C)N1CCC(O/C(N=CC)=C(\C)C(=C)CC2CCN(SC3CCCCC3)CC2)CC1. The van der Waals surface area contributed by atoms with Crippen LogP contribution in [0.4, 0.5) is 0 Å². The van der Waals surface area contributed by atoms with E-state index in [0.29, 0.717) is 5.92 Å². The van der Waals surface area contributed by atoms with Crippen LogP contribution in [0, 0.1) is 11.8 Å². The van der Waals surface area contributed by atoms with Gasteiger partial charge in [0, 0.05) is 56.1 Å². The molecule has 1 aliphatic carbocycles. The summed E-state index contributed by atoms with van der Waals surface area (Å²) in [6.45, 7) is 21.4. The summed E-state index contributed by atoms with van der Waals surface area (Å²) < 4.78 is 9.13. The Morgan fingerprint density at radius 2 is 1.72 bits per heavy atom. The summed E-state index contributed by atoms with van der Waals surface area (Å²) in [6.07, 6.45) is 15.8. The molecule has 202 valence electrons. The fourth-order valence-electron chi connectivity index (χ4n) is 5.69. The Bertz CT molecular complexity index is 804. The zero-order valence-corrected chi connectivity index (χ0v) is 24.4. The monoisotopic (exact) mass is 513 g/mol. The maximum absolute atomic E-state index is 6.49. The van der Waals surface area contributed by atoms with Crippen LogP contribution in [0.2, 0.25) is 0 Å². The van der Waals surface area contributed by atoms with Crippen molar-refractivity contribution >= 4 is 18.2 Å². The lowest BCUT2D eigenvalue weighted by Gasteiger charge is -2.35. The molecule has 3 aliphatic rings. The third-order valence-electron chi connectivity index (χ3n) is 7.96. The fourth-order valence-corrected chi connectivity index (χ4v) is 7.07. The topological polar surface area (TPSA) is 28.1 Å². The summed E-state index contributed by atoms with van der Waals surface area (Å²) in [6, 6.07) is 0. The fraction of sp³-hybridized carbons (Fsp3) is 0.742. The molecule has 4 nitrogen and oxygen atoms in total. The molecule has 0 aromatic heterocycles. The van der Waals surface area contributed by atoms with Crippen molar-refractivity contribution in [2.45, 2.75) is 110 Å². The zero-order valence-electron chi connectivity index (χ0n) is 23.6. The van der Waals surface area contributed by atoms with E-state index in [2.05, 4.69) is 65.8 Å². The van der Waals surface area contributed by atoms with Crippen LogP contribution in [0.25, 0.3) is 0 Å². The molecule has 0 aromatic rings. The maximum atomic E-state index is 6.49. The van der Waals surface area contributed by atoms with E-state index in [-0.39, 0.29) is 6.10 Å². The van der Waals surface area contributed by atoms with Crippen molar-refractivity contribution < 1.29 is 4.74 Å². The molecule has 2 heterocycles. The van der Waals surface area contributed by atoms with E-state index >= 15 is 0 Å². The van der Waals surface area contributed by atoms with E-state index < -0.39 is 0 Å². The molecule has 1 saturated carbocycles. The van der Waals surface area contributed by atoms with Crippen molar-refractivity contribution in [1.29, 1.82) is 0 Å². The highest BCUT2D eigenvalue weighted by Gasteiger charge is 2.26. The first-order valence-electron chi connectivity index (χ1n) is 14.5. The molecule has 3 rings (SSSR count). The molecular weight excluding hydrogens is 462 g/mol. The normalized spacial score (nSPS) is 22.1. The van der Waals surface area contributed by atoms with E-state index in [4.69, 9.17) is 4.74 Å². The van der Waals surface area contributed by atoms with Crippen LogP contribution in [0.1, 0.15) is 98.3 Å². The van der Waals surface area contributed by atoms with Crippen molar-refractivity contribution in [1.82, 2.24) is 9.21 Å². The first-order chi connectivity index (χ1) is 17.4. The second-order valence-electron chi connectivity index (χ2n) is 11.4. The molecule has 0 aromatic carbocycles. The lowest BCUT2D eigenvalue weighted by atomic mass is 9.89. The summed E-state index contributed by atoms with van der Waals surface area (Å²) in [7, 11) is 0. The van der Waals surface area contributed by atoms with Crippen LogP contribution < -0.4 is 0 Å². The lowest BCUT2D eigenvalue weighted by molar-refractivity contribution is 0.0567. The van der Waals surface area contributed by atoms with Crippen molar-refractivity contribution in [2.75, 3.05) is 26.2 Å². The van der Waals surface area contributed by atoms with E-state index in [1.54, 1.807) is 0 Å². The second-order valence-corrected chi connectivity index (χ2v) is 12.8. The molecule has 0 amide bonds. The van der Waals surface area contributed by atoms with Gasteiger partial charge >= 0.3 is 0 Å². The molecule has 0 spiro atoms. The molecule has 0 atom stereocenters. The molecule has 0 N–H and O–H groups in total. The van der Waals surface area contributed by atoms with E-state index in [9.17, 15) is 0 Å². The van der Waals surface area contributed by atoms with Gasteiger partial charge in [-0.15, -0.1) is 5.73 Å². The predicted octanol–water partition coefficient (Wildman–Crippen LogP) is 8.14. The summed E-state index contributed by atoms with van der Waals surface area (Å²) in [5.41, 5.74) is 6.75. The minimum absolute atomic E-state index is 0.202. The summed E-state index contributed by atoms with van der Waals surface area (Å²) in [4.78, 5) is 7.07. The molecular formula is C31H51N3OS. The minimum Gasteiger partial charge on any atom is -0.474 e. The van der Waals surface area contributed by atoms with Gasteiger partial charge in [-0.2, -0.15) is 0 Å². The lowest BCUT2D eigenvalue weighted by Crippen LogP contribution is -2.36.